The van der Waals surface area contributed by atoms with Crippen molar-refractivity contribution in [3.63, 3.8) is 0 Å². The molecule has 0 spiro atoms. The summed E-state index contributed by atoms with van der Waals surface area (Å²) in [5.74, 6) is -0.113. The number of benzene rings is 2. The van der Waals surface area contributed by atoms with Gasteiger partial charge in [0.2, 0.25) is 5.95 Å². The molecule has 0 bridgehead atoms. The number of nitro groups is 1. The Morgan fingerprint density at radius 1 is 1.21 bits per heavy atom. The Bertz CT molecular complexity index is 1060. The first-order valence-corrected chi connectivity index (χ1v) is 7.04. The average Bonchev–Trinajstić information content (AvgIpc) is 3.17. The number of nitrogens with one attached hydrogen (secondary N) is 2. The Labute approximate surface area is 134 Å². The van der Waals surface area contributed by atoms with Crippen LogP contribution in [0.25, 0.3) is 22.0 Å². The van der Waals surface area contributed by atoms with Crippen LogP contribution >= 0.6 is 0 Å². The summed E-state index contributed by atoms with van der Waals surface area (Å²) >= 11 is 0. The largest absolute Gasteiger partial charge is 0.451 e. The van der Waals surface area contributed by atoms with Gasteiger partial charge in [0.1, 0.15) is 5.58 Å². The predicted molar refractivity (Wildman–Crippen MR) is 86.9 cm³/mol. The zero-order valence-electron chi connectivity index (χ0n) is 12.1. The number of H-pyrrole nitrogens is 1. The van der Waals surface area contributed by atoms with Crippen LogP contribution in [0.15, 0.2) is 52.9 Å². The highest BCUT2D eigenvalue weighted by molar-refractivity contribution is 6.04. The lowest BCUT2D eigenvalue weighted by atomic mass is 10.2. The Morgan fingerprint density at radius 3 is 2.83 bits per heavy atom. The number of non-ortho nitro benzene ring substituents is 1. The Balaban J connectivity index is 1.63. The molecule has 0 aliphatic carbocycles. The van der Waals surface area contributed by atoms with Gasteiger partial charge < -0.3 is 9.40 Å². The van der Waals surface area contributed by atoms with Crippen LogP contribution in [0, 0.1) is 10.1 Å². The number of carbonyl (C=O) groups is 1. The molecule has 0 saturated heterocycles. The van der Waals surface area contributed by atoms with Crippen molar-refractivity contribution < 1.29 is 14.1 Å². The molecule has 2 aromatic carbocycles. The van der Waals surface area contributed by atoms with Gasteiger partial charge in [-0.15, -0.1) is 0 Å². The smallest absolute Gasteiger partial charge is 0.293 e. The minimum absolute atomic E-state index is 0.0543. The average molecular weight is 322 g/mol. The van der Waals surface area contributed by atoms with Gasteiger partial charge in [0, 0.05) is 17.5 Å². The van der Waals surface area contributed by atoms with E-state index in [9.17, 15) is 14.9 Å². The van der Waals surface area contributed by atoms with Crippen LogP contribution in [0.3, 0.4) is 0 Å². The molecule has 8 nitrogen and oxygen atoms in total. The van der Waals surface area contributed by atoms with Gasteiger partial charge >= 0.3 is 0 Å². The SMILES string of the molecule is O=C(Nc1nc2ccc([N+](=O)[O-])cc2[nH]1)c1cc2ccccc2o1. The van der Waals surface area contributed by atoms with Gasteiger partial charge in [-0.3, -0.25) is 20.2 Å². The van der Waals surface area contributed by atoms with E-state index < -0.39 is 10.8 Å². The number of hydrogen-bond acceptors (Lipinski definition) is 5. The molecular weight excluding hydrogens is 312 g/mol. The third kappa shape index (κ3) is 2.35. The highest BCUT2D eigenvalue weighted by Gasteiger charge is 2.15. The number of rotatable bonds is 3. The standard InChI is InChI=1S/C16H10N4O4/c21-15(14-7-9-3-1-2-4-13(9)24-14)19-16-17-11-6-5-10(20(22)23)8-12(11)18-16/h1-8H,(H2,17,18,19,21). The maximum absolute atomic E-state index is 12.3. The van der Waals surface area contributed by atoms with Gasteiger partial charge in [-0.25, -0.2) is 4.98 Å². The van der Waals surface area contributed by atoms with E-state index in [1.165, 1.54) is 18.2 Å². The summed E-state index contributed by atoms with van der Waals surface area (Å²) in [6, 6.07) is 13.2. The number of imidazole rings is 1. The molecular formula is C16H10N4O4. The molecule has 8 heteroatoms. The number of amides is 1. The number of nitro benzene ring substituents is 1. The minimum Gasteiger partial charge on any atom is -0.451 e. The molecule has 118 valence electrons. The first-order chi connectivity index (χ1) is 11.6. The molecule has 0 aliphatic rings. The van der Waals surface area contributed by atoms with Crippen molar-refractivity contribution in [2.24, 2.45) is 0 Å². The number of carbonyl (C=O) groups excluding carboxylic acids is 1. The molecule has 1 amide bonds. The van der Waals surface area contributed by atoms with E-state index in [1.807, 2.05) is 18.2 Å². The number of hydrogen-bond donors (Lipinski definition) is 2. The summed E-state index contributed by atoms with van der Waals surface area (Å²) in [4.78, 5) is 29.6. The number of aromatic nitrogens is 2. The number of para-hydroxylation sites is 1. The predicted octanol–water partition coefficient (Wildman–Crippen LogP) is 3.47. The van der Waals surface area contributed by atoms with Gasteiger partial charge in [-0.1, -0.05) is 18.2 Å². The molecule has 2 N–H and O–H groups in total. The lowest BCUT2D eigenvalue weighted by Crippen LogP contribution is -2.11. The van der Waals surface area contributed by atoms with E-state index in [4.69, 9.17) is 4.42 Å². The van der Waals surface area contributed by atoms with Gasteiger partial charge in [-0.05, 0) is 18.2 Å². The Kier molecular flexibility index (Phi) is 3.02. The summed E-state index contributed by atoms with van der Waals surface area (Å²) in [5, 5.41) is 14.2. The van der Waals surface area contributed by atoms with Crippen molar-refractivity contribution >= 4 is 39.5 Å². The van der Waals surface area contributed by atoms with Crippen molar-refractivity contribution in [2.75, 3.05) is 5.32 Å². The van der Waals surface area contributed by atoms with Gasteiger partial charge in [0.05, 0.1) is 16.0 Å². The number of anilines is 1. The molecule has 0 radical (unpaired) electrons. The van der Waals surface area contributed by atoms with E-state index in [1.54, 1.807) is 12.1 Å². The van der Waals surface area contributed by atoms with Crippen LogP contribution in [-0.4, -0.2) is 20.8 Å². The van der Waals surface area contributed by atoms with E-state index in [0.29, 0.717) is 16.6 Å². The fourth-order valence-corrected chi connectivity index (χ4v) is 2.43. The molecule has 0 aliphatic heterocycles. The molecule has 4 aromatic rings. The van der Waals surface area contributed by atoms with Crippen molar-refractivity contribution in [1.82, 2.24) is 9.97 Å². The van der Waals surface area contributed by atoms with Crippen LogP contribution in [0.4, 0.5) is 11.6 Å². The van der Waals surface area contributed by atoms with Crippen molar-refractivity contribution in [2.45, 2.75) is 0 Å². The van der Waals surface area contributed by atoms with E-state index in [-0.39, 0.29) is 17.4 Å². The summed E-state index contributed by atoms with van der Waals surface area (Å²) in [7, 11) is 0. The first-order valence-electron chi connectivity index (χ1n) is 7.04. The molecule has 0 saturated carbocycles. The zero-order chi connectivity index (χ0) is 16.7. The third-order valence-corrected chi connectivity index (χ3v) is 3.56. The lowest BCUT2D eigenvalue weighted by Gasteiger charge is -1.97. The fraction of sp³-hybridized carbons (Fsp3) is 0. The maximum Gasteiger partial charge on any atom is 0.293 e. The Morgan fingerprint density at radius 2 is 2.04 bits per heavy atom. The van der Waals surface area contributed by atoms with Crippen molar-refractivity contribution in [3.05, 3.63) is 64.4 Å². The quantitative estimate of drug-likeness (QED) is 0.443. The summed E-state index contributed by atoms with van der Waals surface area (Å²) in [5.41, 5.74) is 1.54. The van der Waals surface area contributed by atoms with E-state index in [0.717, 1.165) is 5.39 Å². The van der Waals surface area contributed by atoms with Crippen LogP contribution in [0.5, 0.6) is 0 Å². The second-order valence-electron chi connectivity index (χ2n) is 5.15. The molecule has 0 atom stereocenters. The lowest BCUT2D eigenvalue weighted by molar-refractivity contribution is -0.384. The van der Waals surface area contributed by atoms with Crippen LogP contribution < -0.4 is 5.32 Å². The monoisotopic (exact) mass is 322 g/mol. The molecule has 24 heavy (non-hydrogen) atoms. The Hall–Kier alpha value is -3.68. The summed E-state index contributed by atoms with van der Waals surface area (Å²) in [6.45, 7) is 0. The van der Waals surface area contributed by atoms with E-state index in [2.05, 4.69) is 15.3 Å². The third-order valence-electron chi connectivity index (χ3n) is 3.56. The van der Waals surface area contributed by atoms with Crippen molar-refractivity contribution in [1.29, 1.82) is 0 Å². The normalized spacial score (nSPS) is 11.0. The van der Waals surface area contributed by atoms with Crippen LogP contribution in [-0.2, 0) is 0 Å². The summed E-state index contributed by atoms with van der Waals surface area (Å²) < 4.78 is 5.48. The number of furan rings is 1. The number of fused-ring (bicyclic) bond motifs is 2. The van der Waals surface area contributed by atoms with Gasteiger partial charge in [-0.2, -0.15) is 0 Å². The van der Waals surface area contributed by atoms with Crippen LogP contribution in [0.2, 0.25) is 0 Å². The molecule has 2 heterocycles. The highest BCUT2D eigenvalue weighted by atomic mass is 16.6. The van der Waals surface area contributed by atoms with Crippen LogP contribution in [0.1, 0.15) is 10.6 Å². The minimum atomic E-state index is -0.493. The molecule has 0 fully saturated rings. The highest BCUT2D eigenvalue weighted by Crippen LogP contribution is 2.22. The number of nitrogens with zero attached hydrogens (tertiary/aromatic N) is 2. The molecule has 2 aromatic heterocycles. The number of aromatic amines is 1. The second-order valence-corrected chi connectivity index (χ2v) is 5.15. The fourth-order valence-electron chi connectivity index (χ4n) is 2.43. The zero-order valence-corrected chi connectivity index (χ0v) is 12.1. The summed E-state index contributed by atoms with van der Waals surface area (Å²) in [6.07, 6.45) is 0. The maximum atomic E-state index is 12.3. The van der Waals surface area contributed by atoms with Gasteiger partial charge in [0.25, 0.3) is 11.6 Å². The second kappa shape index (κ2) is 5.20. The van der Waals surface area contributed by atoms with Crippen molar-refractivity contribution in [3.8, 4) is 0 Å². The molecule has 4 rings (SSSR count). The van der Waals surface area contributed by atoms with Gasteiger partial charge in [0.15, 0.2) is 5.76 Å². The molecule has 0 unspecified atom stereocenters. The first kappa shape index (κ1) is 13.9. The van der Waals surface area contributed by atoms with E-state index >= 15 is 0 Å². The topological polar surface area (TPSA) is 114 Å².